The number of benzene rings is 1. The Kier molecular flexibility index (Phi) is 3.41. The molecule has 2 rings (SSSR count). The molecule has 1 unspecified atom stereocenters. The zero-order chi connectivity index (χ0) is 11.6. The Labute approximate surface area is 102 Å². The van der Waals surface area contributed by atoms with Crippen molar-refractivity contribution < 1.29 is 5.11 Å². The van der Waals surface area contributed by atoms with Crippen LogP contribution in [0.2, 0.25) is 5.02 Å². The van der Waals surface area contributed by atoms with E-state index in [9.17, 15) is 5.11 Å². The molecule has 2 N–H and O–H groups in total. The molecule has 1 atom stereocenters. The quantitative estimate of drug-likeness (QED) is 0.827. The van der Waals surface area contributed by atoms with E-state index in [1.54, 1.807) is 0 Å². The molecule has 1 saturated carbocycles. The molecule has 0 aliphatic heterocycles. The van der Waals surface area contributed by atoms with Gasteiger partial charge in [-0.1, -0.05) is 30.7 Å². The Morgan fingerprint density at radius 2 is 2.12 bits per heavy atom. The number of anilines is 1. The molecule has 3 heteroatoms. The zero-order valence-electron chi connectivity index (χ0n) is 9.54. The third kappa shape index (κ3) is 2.18. The predicted octanol–water partition coefficient (Wildman–Crippen LogP) is 3.30. The first kappa shape index (κ1) is 11.7. The monoisotopic (exact) mass is 239 g/mol. The average molecular weight is 240 g/mol. The minimum absolute atomic E-state index is 0.166. The first-order valence-electron chi connectivity index (χ1n) is 5.85. The summed E-state index contributed by atoms with van der Waals surface area (Å²) in [5, 5.41) is 13.8. The summed E-state index contributed by atoms with van der Waals surface area (Å²) < 4.78 is 0. The van der Waals surface area contributed by atoms with Crippen molar-refractivity contribution in [1.29, 1.82) is 0 Å². The number of rotatable bonds is 5. The fourth-order valence-electron chi connectivity index (χ4n) is 2.23. The summed E-state index contributed by atoms with van der Waals surface area (Å²) in [6.07, 6.45) is 3.32. The van der Waals surface area contributed by atoms with Gasteiger partial charge < -0.3 is 10.4 Å². The van der Waals surface area contributed by atoms with Crippen LogP contribution in [0.25, 0.3) is 0 Å². The van der Waals surface area contributed by atoms with Crippen molar-refractivity contribution in [2.24, 2.45) is 5.92 Å². The van der Waals surface area contributed by atoms with Gasteiger partial charge in [0.05, 0.1) is 22.9 Å². The number of hydrogen-bond donors (Lipinski definition) is 2. The van der Waals surface area contributed by atoms with Crippen LogP contribution < -0.4 is 5.32 Å². The first-order chi connectivity index (χ1) is 7.72. The summed E-state index contributed by atoms with van der Waals surface area (Å²) >= 11 is 6.13. The molecular weight excluding hydrogens is 222 g/mol. The molecule has 0 radical (unpaired) electrons. The van der Waals surface area contributed by atoms with Gasteiger partial charge in [-0.05, 0) is 37.3 Å². The van der Waals surface area contributed by atoms with Crippen molar-refractivity contribution in [1.82, 2.24) is 0 Å². The van der Waals surface area contributed by atoms with E-state index in [0.29, 0.717) is 5.92 Å². The second kappa shape index (κ2) is 4.64. The Morgan fingerprint density at radius 1 is 1.44 bits per heavy atom. The van der Waals surface area contributed by atoms with E-state index < -0.39 is 0 Å². The lowest BCUT2D eigenvalue weighted by Crippen LogP contribution is -2.43. The van der Waals surface area contributed by atoms with Gasteiger partial charge in [0.2, 0.25) is 0 Å². The summed E-state index contributed by atoms with van der Waals surface area (Å²) in [6.45, 7) is 2.28. The van der Waals surface area contributed by atoms with Crippen molar-refractivity contribution >= 4 is 17.3 Å². The van der Waals surface area contributed by atoms with Gasteiger partial charge in [0.25, 0.3) is 0 Å². The summed E-state index contributed by atoms with van der Waals surface area (Å²) in [4.78, 5) is 0. The smallest absolute Gasteiger partial charge is 0.0664 e. The molecule has 1 aromatic rings. The van der Waals surface area contributed by atoms with Gasteiger partial charge in [0.1, 0.15) is 0 Å². The number of aliphatic hydroxyl groups excluding tert-OH is 1. The highest BCUT2D eigenvalue weighted by Crippen LogP contribution is 2.43. The summed E-state index contributed by atoms with van der Waals surface area (Å²) in [5.74, 6) is 0.582. The highest BCUT2D eigenvalue weighted by molar-refractivity contribution is 6.33. The van der Waals surface area contributed by atoms with E-state index >= 15 is 0 Å². The van der Waals surface area contributed by atoms with Crippen LogP contribution in [-0.2, 0) is 0 Å². The van der Waals surface area contributed by atoms with Gasteiger partial charge in [0.15, 0.2) is 0 Å². The maximum Gasteiger partial charge on any atom is 0.0664 e. The Morgan fingerprint density at radius 3 is 2.62 bits per heavy atom. The standard InChI is InChI=1S/C13H18ClNO/c1-2-13(9-16,10-7-8-10)15-12-6-4-3-5-11(12)14/h3-6,10,15-16H,2,7-9H2,1H3. The topological polar surface area (TPSA) is 32.3 Å². The molecule has 16 heavy (non-hydrogen) atoms. The Bertz CT molecular complexity index is 359. The van der Waals surface area contributed by atoms with E-state index in [1.165, 1.54) is 12.8 Å². The van der Waals surface area contributed by atoms with E-state index in [-0.39, 0.29) is 12.1 Å². The Hall–Kier alpha value is -0.730. The van der Waals surface area contributed by atoms with Crippen LogP contribution in [0, 0.1) is 5.92 Å². The van der Waals surface area contributed by atoms with Gasteiger partial charge >= 0.3 is 0 Å². The molecule has 1 fully saturated rings. The van der Waals surface area contributed by atoms with Gasteiger partial charge in [0, 0.05) is 0 Å². The third-order valence-corrected chi connectivity index (χ3v) is 3.86. The van der Waals surface area contributed by atoms with Crippen molar-refractivity contribution in [2.45, 2.75) is 31.7 Å². The fraction of sp³-hybridized carbons (Fsp3) is 0.538. The van der Waals surface area contributed by atoms with E-state index in [2.05, 4.69) is 12.2 Å². The van der Waals surface area contributed by atoms with E-state index in [4.69, 9.17) is 11.6 Å². The molecule has 2 nitrogen and oxygen atoms in total. The van der Waals surface area contributed by atoms with Gasteiger partial charge in [-0.2, -0.15) is 0 Å². The minimum Gasteiger partial charge on any atom is -0.394 e. The predicted molar refractivity (Wildman–Crippen MR) is 67.9 cm³/mol. The van der Waals surface area contributed by atoms with Crippen molar-refractivity contribution in [3.63, 3.8) is 0 Å². The zero-order valence-corrected chi connectivity index (χ0v) is 10.3. The highest BCUT2D eigenvalue weighted by atomic mass is 35.5. The molecule has 1 aromatic carbocycles. The number of hydrogen-bond acceptors (Lipinski definition) is 2. The number of aliphatic hydroxyl groups is 1. The second-order valence-corrected chi connectivity index (χ2v) is 4.95. The largest absolute Gasteiger partial charge is 0.394 e. The molecule has 0 aromatic heterocycles. The normalized spacial score (nSPS) is 19.2. The fourth-order valence-corrected chi connectivity index (χ4v) is 2.41. The van der Waals surface area contributed by atoms with Crippen LogP contribution in [0.5, 0.6) is 0 Å². The summed E-state index contributed by atoms with van der Waals surface area (Å²) in [5.41, 5.74) is 0.734. The van der Waals surface area contributed by atoms with Crippen LogP contribution >= 0.6 is 11.6 Å². The molecule has 1 aliphatic rings. The lowest BCUT2D eigenvalue weighted by Gasteiger charge is -2.33. The van der Waals surface area contributed by atoms with Gasteiger partial charge in [-0.15, -0.1) is 0 Å². The van der Waals surface area contributed by atoms with Gasteiger partial charge in [-0.3, -0.25) is 0 Å². The molecule has 1 aliphatic carbocycles. The number of halogens is 1. The lowest BCUT2D eigenvalue weighted by atomic mass is 9.90. The van der Waals surface area contributed by atoms with Crippen molar-refractivity contribution in [2.75, 3.05) is 11.9 Å². The molecule has 0 heterocycles. The molecule has 0 amide bonds. The maximum absolute atomic E-state index is 9.63. The molecular formula is C13H18ClNO. The maximum atomic E-state index is 9.63. The van der Waals surface area contributed by atoms with E-state index in [1.807, 2.05) is 24.3 Å². The van der Waals surface area contributed by atoms with Crippen molar-refractivity contribution in [3.05, 3.63) is 29.3 Å². The van der Waals surface area contributed by atoms with E-state index in [0.717, 1.165) is 17.1 Å². The van der Waals surface area contributed by atoms with Crippen LogP contribution in [0.3, 0.4) is 0 Å². The number of para-hydroxylation sites is 1. The first-order valence-corrected chi connectivity index (χ1v) is 6.23. The molecule has 0 spiro atoms. The third-order valence-electron chi connectivity index (χ3n) is 3.53. The van der Waals surface area contributed by atoms with Gasteiger partial charge in [-0.25, -0.2) is 0 Å². The molecule has 0 saturated heterocycles. The average Bonchev–Trinajstić information content (AvgIpc) is 3.13. The van der Waals surface area contributed by atoms with Crippen LogP contribution in [0.15, 0.2) is 24.3 Å². The Balaban J connectivity index is 2.20. The highest BCUT2D eigenvalue weighted by Gasteiger charge is 2.43. The SMILES string of the molecule is CCC(CO)(Nc1ccccc1Cl)C1CC1. The van der Waals surface area contributed by atoms with Crippen LogP contribution in [0.4, 0.5) is 5.69 Å². The molecule has 0 bridgehead atoms. The second-order valence-electron chi connectivity index (χ2n) is 4.55. The van der Waals surface area contributed by atoms with Crippen molar-refractivity contribution in [3.8, 4) is 0 Å². The summed E-state index contributed by atoms with van der Waals surface area (Å²) in [6, 6.07) is 7.70. The van der Waals surface area contributed by atoms with Crippen LogP contribution in [-0.4, -0.2) is 17.3 Å². The summed E-state index contributed by atoms with van der Waals surface area (Å²) in [7, 11) is 0. The minimum atomic E-state index is -0.189. The van der Waals surface area contributed by atoms with Crippen LogP contribution in [0.1, 0.15) is 26.2 Å². The lowest BCUT2D eigenvalue weighted by molar-refractivity contribution is 0.188. The number of nitrogens with one attached hydrogen (secondary N) is 1. The molecule has 88 valence electrons.